The van der Waals surface area contributed by atoms with E-state index in [1.807, 2.05) is 26.8 Å². The van der Waals surface area contributed by atoms with E-state index in [-0.39, 0.29) is 41.6 Å². The number of hydrogen-bond acceptors (Lipinski definition) is 8. The molecule has 0 bridgehead atoms. The summed E-state index contributed by atoms with van der Waals surface area (Å²) in [4.78, 5) is 12.7. The molecular formula is C29H42O9. The number of allylic oxidation sites excluding steroid dienone is 3. The molecule has 1 aliphatic carbocycles. The highest BCUT2D eigenvalue weighted by molar-refractivity contribution is 5.94. The van der Waals surface area contributed by atoms with Crippen LogP contribution in [0.4, 0.5) is 0 Å². The maximum Gasteiger partial charge on any atom is 0.339 e. The van der Waals surface area contributed by atoms with Crippen LogP contribution in [0.5, 0.6) is 11.5 Å². The van der Waals surface area contributed by atoms with Crippen LogP contribution in [0.25, 0.3) is 0 Å². The highest BCUT2D eigenvalue weighted by Gasteiger charge is 2.46. The Kier molecular flexibility index (Phi) is 10.4. The molecule has 1 aliphatic heterocycles. The van der Waals surface area contributed by atoms with E-state index < -0.39 is 42.6 Å². The van der Waals surface area contributed by atoms with Gasteiger partial charge < -0.3 is 40.1 Å². The van der Waals surface area contributed by atoms with E-state index in [0.717, 1.165) is 36.8 Å². The lowest BCUT2D eigenvalue weighted by atomic mass is 9.73. The molecule has 212 valence electrons. The van der Waals surface area contributed by atoms with E-state index in [4.69, 9.17) is 9.47 Å². The summed E-state index contributed by atoms with van der Waals surface area (Å²) in [6.45, 7) is 9.68. The largest absolute Gasteiger partial charge is 0.507 e. The molecule has 1 unspecified atom stereocenters. The number of benzene rings is 1. The van der Waals surface area contributed by atoms with Gasteiger partial charge in [0.05, 0.1) is 6.10 Å². The number of rotatable bonds is 11. The normalized spacial score (nSPS) is 29.6. The molecule has 1 fully saturated rings. The first-order valence-corrected chi connectivity index (χ1v) is 13.4. The summed E-state index contributed by atoms with van der Waals surface area (Å²) in [5.74, 6) is -2.05. The average Bonchev–Trinajstić information content (AvgIpc) is 2.85. The van der Waals surface area contributed by atoms with E-state index in [2.05, 4.69) is 6.58 Å². The molecule has 38 heavy (non-hydrogen) atoms. The third kappa shape index (κ3) is 6.40. The fraction of sp³-hybridized carbons (Fsp3) is 0.621. The predicted octanol–water partition coefficient (Wildman–Crippen LogP) is 3.41. The number of carboxylic acid groups (broad SMARTS) is 1. The molecule has 1 aromatic rings. The van der Waals surface area contributed by atoms with Crippen LogP contribution in [0.3, 0.4) is 0 Å². The number of hydrogen-bond donors (Lipinski definition) is 6. The maximum absolute atomic E-state index is 12.7. The van der Waals surface area contributed by atoms with Gasteiger partial charge in [-0.3, -0.25) is 0 Å². The smallest absolute Gasteiger partial charge is 0.339 e. The summed E-state index contributed by atoms with van der Waals surface area (Å²) in [6, 6.07) is 1.49. The van der Waals surface area contributed by atoms with Crippen molar-refractivity contribution in [2.75, 3.05) is 6.61 Å². The second kappa shape index (κ2) is 13.1. The zero-order valence-corrected chi connectivity index (χ0v) is 22.5. The Morgan fingerprint density at radius 3 is 2.50 bits per heavy atom. The van der Waals surface area contributed by atoms with Crippen molar-refractivity contribution in [2.24, 2.45) is 5.92 Å². The molecule has 0 radical (unpaired) electrons. The Morgan fingerprint density at radius 1 is 1.18 bits per heavy atom. The number of phenolic OH excluding ortho intramolecular Hbond substituents is 1. The minimum Gasteiger partial charge on any atom is -0.507 e. The number of aliphatic hydroxyl groups excluding tert-OH is 4. The van der Waals surface area contributed by atoms with Crippen LogP contribution in [0.2, 0.25) is 0 Å². The second-order valence-electron chi connectivity index (χ2n) is 10.6. The number of phenols is 1. The zero-order chi connectivity index (χ0) is 28.1. The molecular weight excluding hydrogens is 492 g/mol. The summed E-state index contributed by atoms with van der Waals surface area (Å²) >= 11 is 0. The van der Waals surface area contributed by atoms with Gasteiger partial charge in [-0.15, -0.1) is 0 Å². The zero-order valence-electron chi connectivity index (χ0n) is 22.5. The van der Waals surface area contributed by atoms with Gasteiger partial charge in [0.1, 0.15) is 35.4 Å². The molecule has 0 aromatic heterocycles. The van der Waals surface area contributed by atoms with Crippen molar-refractivity contribution in [1.29, 1.82) is 0 Å². The number of carbonyl (C=O) groups is 1. The van der Waals surface area contributed by atoms with Gasteiger partial charge in [0.2, 0.25) is 6.29 Å². The lowest BCUT2D eigenvalue weighted by molar-refractivity contribution is -0.274. The quantitative estimate of drug-likeness (QED) is 0.185. The minimum absolute atomic E-state index is 0.0337. The molecule has 6 N–H and O–H groups in total. The molecule has 0 saturated carbocycles. The molecule has 0 amide bonds. The van der Waals surface area contributed by atoms with Crippen molar-refractivity contribution in [2.45, 2.75) is 102 Å². The first-order chi connectivity index (χ1) is 18.0. The predicted molar refractivity (Wildman–Crippen MR) is 141 cm³/mol. The third-order valence-corrected chi connectivity index (χ3v) is 7.67. The van der Waals surface area contributed by atoms with Crippen LogP contribution < -0.4 is 4.74 Å². The number of ether oxygens (including phenoxy) is 2. The van der Waals surface area contributed by atoms with Crippen LogP contribution in [0.1, 0.15) is 86.7 Å². The van der Waals surface area contributed by atoms with Crippen molar-refractivity contribution in [1.82, 2.24) is 0 Å². The summed E-state index contributed by atoms with van der Waals surface area (Å²) in [6.07, 6.45) is -0.989. The molecule has 2 aliphatic rings. The van der Waals surface area contributed by atoms with Crippen molar-refractivity contribution in [3.8, 4) is 11.5 Å². The number of aryl methyl sites for hydroxylation is 1. The molecule has 1 aromatic carbocycles. The number of aromatic carboxylic acids is 1. The van der Waals surface area contributed by atoms with Gasteiger partial charge in [0, 0.05) is 18.1 Å². The molecule has 7 atom stereocenters. The van der Waals surface area contributed by atoms with Gasteiger partial charge >= 0.3 is 5.97 Å². The van der Waals surface area contributed by atoms with Crippen molar-refractivity contribution >= 4 is 5.97 Å². The van der Waals surface area contributed by atoms with Gasteiger partial charge in [-0.05, 0) is 63.5 Å². The fourth-order valence-corrected chi connectivity index (χ4v) is 5.56. The van der Waals surface area contributed by atoms with E-state index >= 15 is 0 Å². The van der Waals surface area contributed by atoms with Crippen molar-refractivity contribution in [3.63, 3.8) is 0 Å². The average molecular weight is 535 g/mol. The van der Waals surface area contributed by atoms with Crippen LogP contribution in [-0.2, 0) is 11.2 Å². The van der Waals surface area contributed by atoms with E-state index in [9.17, 15) is 35.4 Å². The molecule has 9 heteroatoms. The van der Waals surface area contributed by atoms with Crippen LogP contribution in [0.15, 0.2) is 29.9 Å². The molecule has 3 rings (SSSR count). The first kappa shape index (κ1) is 30.1. The highest BCUT2D eigenvalue weighted by atomic mass is 16.7. The standard InChI is InChI=1S/C29H42O9/c1-5-6-7-8-17-14-20(31)23(19-13-16(4)9-10-18(19)15(2)3)27(22(17)28(35)36)38-29-26(34)25(33)24(32)21(37-29)11-12-30/h13-14,18-19,21,24-26,29-34H,2,5-12H2,1,3-4H3,(H,35,36)/t18-,19-,21+,24+,25-,26+,29?/m0/s1. The Balaban J connectivity index is 2.20. The first-order valence-electron chi connectivity index (χ1n) is 13.4. The number of aliphatic hydroxyl groups is 4. The van der Waals surface area contributed by atoms with Crippen molar-refractivity contribution < 1.29 is 44.9 Å². The summed E-state index contributed by atoms with van der Waals surface area (Å²) < 4.78 is 11.8. The van der Waals surface area contributed by atoms with Crippen molar-refractivity contribution in [3.05, 3.63) is 46.6 Å². The summed E-state index contributed by atoms with van der Waals surface area (Å²) in [5, 5.41) is 62.6. The van der Waals surface area contributed by atoms with Gasteiger partial charge in [0.25, 0.3) is 0 Å². The molecule has 1 heterocycles. The van der Waals surface area contributed by atoms with Gasteiger partial charge in [-0.1, -0.05) is 43.6 Å². The second-order valence-corrected chi connectivity index (χ2v) is 10.6. The summed E-state index contributed by atoms with van der Waals surface area (Å²) in [7, 11) is 0. The highest BCUT2D eigenvalue weighted by Crippen LogP contribution is 2.49. The number of unbranched alkanes of at least 4 members (excludes halogenated alkanes) is 2. The molecule has 0 spiro atoms. The Hall–Kier alpha value is -2.43. The minimum atomic E-state index is -1.71. The van der Waals surface area contributed by atoms with Crippen LogP contribution in [0, 0.1) is 5.92 Å². The Morgan fingerprint density at radius 2 is 1.89 bits per heavy atom. The lowest BCUT2D eigenvalue weighted by Crippen LogP contribution is -2.59. The van der Waals surface area contributed by atoms with Gasteiger partial charge in [-0.25, -0.2) is 4.79 Å². The monoisotopic (exact) mass is 534 g/mol. The fourth-order valence-electron chi connectivity index (χ4n) is 5.56. The van der Waals surface area contributed by atoms with E-state index in [1.54, 1.807) is 0 Å². The number of aromatic hydroxyl groups is 1. The van der Waals surface area contributed by atoms with Gasteiger partial charge in [0.15, 0.2) is 0 Å². The van der Waals surface area contributed by atoms with Crippen LogP contribution >= 0.6 is 0 Å². The molecule has 9 nitrogen and oxygen atoms in total. The third-order valence-electron chi connectivity index (χ3n) is 7.67. The topological polar surface area (TPSA) is 157 Å². The lowest BCUT2D eigenvalue weighted by Gasteiger charge is -2.41. The maximum atomic E-state index is 12.7. The number of carboxylic acids is 1. The molecule has 1 saturated heterocycles. The van der Waals surface area contributed by atoms with E-state index in [0.29, 0.717) is 18.4 Å². The SMILES string of the molecule is C=C(C)[C@@H]1CCC(C)=C[C@@H]1c1c(O)cc(CCCCC)c(C(=O)O)c1OC1O[C@H](CCO)[C@@H](O)[C@H](O)[C@H]1O. The van der Waals surface area contributed by atoms with Crippen LogP contribution in [-0.4, -0.2) is 73.9 Å². The van der Waals surface area contributed by atoms with Gasteiger partial charge in [-0.2, -0.15) is 0 Å². The summed E-state index contributed by atoms with van der Waals surface area (Å²) in [5.41, 5.74) is 2.47. The van der Waals surface area contributed by atoms with E-state index in [1.165, 1.54) is 6.07 Å². The Bertz CT molecular complexity index is 1030. The Labute approximate surface area is 224 Å².